The van der Waals surface area contributed by atoms with Crippen LogP contribution < -0.4 is 9.47 Å². The number of hydrogen-bond donors (Lipinski definition) is 0. The molecule has 0 aliphatic rings. The van der Waals surface area contributed by atoms with E-state index < -0.39 is 12.3 Å². The lowest BCUT2D eigenvalue weighted by Gasteiger charge is -2.12. The van der Waals surface area contributed by atoms with Crippen molar-refractivity contribution in [2.45, 2.75) is 0 Å². The fourth-order valence-corrected chi connectivity index (χ4v) is 2.34. The molecule has 160 valence electrons. The molecule has 0 bridgehead atoms. The summed E-state index contributed by atoms with van der Waals surface area (Å²) in [5.41, 5.74) is 0. The van der Waals surface area contributed by atoms with Crippen molar-refractivity contribution in [3.63, 3.8) is 0 Å². The summed E-state index contributed by atoms with van der Waals surface area (Å²) < 4.78 is 30.5. The lowest BCUT2D eigenvalue weighted by Crippen LogP contribution is -2.13. The zero-order valence-corrected chi connectivity index (χ0v) is 16.5. The molecule has 0 saturated heterocycles. The van der Waals surface area contributed by atoms with Crippen LogP contribution in [-0.2, 0) is 18.9 Å². The summed E-state index contributed by atoms with van der Waals surface area (Å²) in [6, 6.07) is 11.1. The van der Waals surface area contributed by atoms with Gasteiger partial charge >= 0.3 is 12.3 Å². The smallest absolute Gasteiger partial charge is 0.490 e. The molecule has 0 spiro atoms. The molecule has 8 heteroatoms. The molecule has 8 nitrogen and oxygen atoms in total. The van der Waals surface area contributed by atoms with E-state index in [1.54, 1.807) is 12.1 Å². The SMILES string of the molecule is C=CCOC(=O)OCCOc1ccc2cccc(OCCOC(=O)OCC=C)c2c1. The molecule has 0 saturated carbocycles. The first-order chi connectivity index (χ1) is 14.6. The van der Waals surface area contributed by atoms with Gasteiger partial charge in [-0.1, -0.05) is 43.5 Å². The van der Waals surface area contributed by atoms with E-state index in [-0.39, 0.29) is 39.6 Å². The number of ether oxygens (including phenoxy) is 6. The number of benzene rings is 2. The highest BCUT2D eigenvalue weighted by Crippen LogP contribution is 2.29. The van der Waals surface area contributed by atoms with Crippen molar-refractivity contribution in [3.05, 3.63) is 61.7 Å². The van der Waals surface area contributed by atoms with Crippen molar-refractivity contribution in [2.24, 2.45) is 0 Å². The molecule has 30 heavy (non-hydrogen) atoms. The third-order valence-electron chi connectivity index (χ3n) is 3.58. The molecular weight excluding hydrogens is 392 g/mol. The zero-order valence-electron chi connectivity index (χ0n) is 16.5. The molecule has 0 aromatic heterocycles. The van der Waals surface area contributed by atoms with Gasteiger partial charge in [-0.25, -0.2) is 9.59 Å². The van der Waals surface area contributed by atoms with E-state index in [0.717, 1.165) is 10.8 Å². The Bertz CT molecular complexity index is 861. The van der Waals surface area contributed by atoms with Gasteiger partial charge in [0.2, 0.25) is 0 Å². The van der Waals surface area contributed by atoms with Crippen molar-refractivity contribution in [3.8, 4) is 11.5 Å². The van der Waals surface area contributed by atoms with Crippen molar-refractivity contribution in [1.82, 2.24) is 0 Å². The van der Waals surface area contributed by atoms with Crippen molar-refractivity contribution in [1.29, 1.82) is 0 Å². The summed E-state index contributed by atoms with van der Waals surface area (Å²) in [4.78, 5) is 22.5. The van der Waals surface area contributed by atoms with E-state index in [1.165, 1.54) is 12.2 Å². The van der Waals surface area contributed by atoms with Crippen LogP contribution in [0.15, 0.2) is 61.7 Å². The predicted molar refractivity (Wildman–Crippen MR) is 110 cm³/mol. The Morgan fingerprint density at radius 2 is 1.40 bits per heavy atom. The Morgan fingerprint density at radius 3 is 2.03 bits per heavy atom. The van der Waals surface area contributed by atoms with Crippen molar-refractivity contribution < 1.29 is 38.0 Å². The lowest BCUT2D eigenvalue weighted by molar-refractivity contribution is 0.0525. The molecule has 2 aromatic rings. The van der Waals surface area contributed by atoms with E-state index in [0.29, 0.717) is 11.5 Å². The molecule has 2 aromatic carbocycles. The van der Waals surface area contributed by atoms with Crippen molar-refractivity contribution >= 4 is 23.1 Å². The quantitative estimate of drug-likeness (QED) is 0.288. The third kappa shape index (κ3) is 7.75. The molecule has 0 fully saturated rings. The predicted octanol–water partition coefficient (Wildman–Crippen LogP) is 4.28. The first kappa shape index (κ1) is 22.6. The Kier molecular flexibility index (Phi) is 9.58. The fraction of sp³-hybridized carbons (Fsp3) is 0.273. The minimum atomic E-state index is -0.775. The first-order valence-electron chi connectivity index (χ1n) is 9.23. The number of carbonyl (C=O) groups is 2. The molecule has 0 heterocycles. The van der Waals surface area contributed by atoms with Crippen molar-refractivity contribution in [2.75, 3.05) is 39.6 Å². The van der Waals surface area contributed by atoms with Gasteiger partial charge in [0.15, 0.2) is 0 Å². The van der Waals surface area contributed by atoms with Crippen LogP contribution in [0.5, 0.6) is 11.5 Å². The van der Waals surface area contributed by atoms with Gasteiger partial charge < -0.3 is 28.4 Å². The highest BCUT2D eigenvalue weighted by molar-refractivity contribution is 5.89. The number of rotatable bonds is 12. The maximum absolute atomic E-state index is 11.3. The Hall–Kier alpha value is -3.68. The van der Waals surface area contributed by atoms with Gasteiger partial charge in [0.05, 0.1) is 0 Å². The molecular formula is C22H24O8. The second kappa shape index (κ2) is 12.7. The van der Waals surface area contributed by atoms with Crippen LogP contribution in [0.25, 0.3) is 10.8 Å². The van der Waals surface area contributed by atoms with E-state index in [2.05, 4.69) is 13.2 Å². The molecule has 0 aliphatic carbocycles. The zero-order chi connectivity index (χ0) is 21.6. The molecule has 0 atom stereocenters. The summed E-state index contributed by atoms with van der Waals surface area (Å²) in [5.74, 6) is 1.20. The minimum absolute atomic E-state index is 0.0435. The van der Waals surface area contributed by atoms with Crippen LogP contribution in [0, 0.1) is 0 Å². The third-order valence-corrected chi connectivity index (χ3v) is 3.58. The van der Waals surface area contributed by atoms with Crippen LogP contribution in [0.2, 0.25) is 0 Å². The van der Waals surface area contributed by atoms with Gasteiger partial charge in [-0.2, -0.15) is 0 Å². The van der Waals surface area contributed by atoms with Gasteiger partial charge in [0, 0.05) is 5.39 Å². The fourth-order valence-electron chi connectivity index (χ4n) is 2.34. The van der Waals surface area contributed by atoms with Gasteiger partial charge in [-0.05, 0) is 23.6 Å². The maximum Gasteiger partial charge on any atom is 0.508 e. The Labute approximate surface area is 174 Å². The second-order valence-electron chi connectivity index (χ2n) is 5.73. The second-order valence-corrected chi connectivity index (χ2v) is 5.73. The molecule has 0 N–H and O–H groups in total. The standard InChI is InChI=1S/C22H24O8/c1-3-10-27-21(23)29-14-12-25-18-9-8-17-6-5-7-20(19(17)16-18)26-13-15-30-22(24)28-11-4-2/h3-9,16H,1-2,10-15H2. The molecule has 0 amide bonds. The number of fused-ring (bicyclic) bond motifs is 1. The van der Waals surface area contributed by atoms with Crippen LogP contribution in [0.4, 0.5) is 9.59 Å². The highest BCUT2D eigenvalue weighted by atomic mass is 16.7. The highest BCUT2D eigenvalue weighted by Gasteiger charge is 2.07. The van der Waals surface area contributed by atoms with E-state index in [4.69, 9.17) is 28.4 Å². The van der Waals surface area contributed by atoms with Gasteiger partial charge in [-0.3, -0.25) is 0 Å². The van der Waals surface area contributed by atoms with Gasteiger partial charge in [0.25, 0.3) is 0 Å². The van der Waals surface area contributed by atoms with Crippen LogP contribution in [0.1, 0.15) is 0 Å². The van der Waals surface area contributed by atoms with Crippen LogP contribution >= 0.6 is 0 Å². The first-order valence-corrected chi connectivity index (χ1v) is 9.23. The van der Waals surface area contributed by atoms with E-state index in [9.17, 15) is 9.59 Å². The topological polar surface area (TPSA) is 89.5 Å². The summed E-state index contributed by atoms with van der Waals surface area (Å²) in [6.45, 7) is 7.49. The summed E-state index contributed by atoms with van der Waals surface area (Å²) in [5, 5.41) is 1.78. The van der Waals surface area contributed by atoms with Crippen LogP contribution in [-0.4, -0.2) is 52.0 Å². The summed E-state index contributed by atoms with van der Waals surface area (Å²) >= 11 is 0. The maximum atomic E-state index is 11.3. The van der Waals surface area contributed by atoms with Gasteiger partial charge in [0.1, 0.15) is 51.1 Å². The van der Waals surface area contributed by atoms with E-state index in [1.807, 2.05) is 24.3 Å². The Balaban J connectivity index is 1.85. The number of hydrogen-bond acceptors (Lipinski definition) is 8. The summed E-state index contributed by atoms with van der Waals surface area (Å²) in [6.07, 6.45) is 1.35. The van der Waals surface area contributed by atoms with Gasteiger partial charge in [-0.15, -0.1) is 0 Å². The molecule has 2 rings (SSSR count). The van der Waals surface area contributed by atoms with E-state index >= 15 is 0 Å². The molecule has 0 unspecified atom stereocenters. The monoisotopic (exact) mass is 416 g/mol. The largest absolute Gasteiger partial charge is 0.508 e. The average molecular weight is 416 g/mol. The average Bonchev–Trinajstić information content (AvgIpc) is 2.76. The molecule has 0 radical (unpaired) electrons. The number of carbonyl (C=O) groups excluding carboxylic acids is 2. The molecule has 0 aliphatic heterocycles. The Morgan fingerprint density at radius 1 is 0.767 bits per heavy atom. The van der Waals surface area contributed by atoms with Crippen LogP contribution in [0.3, 0.4) is 0 Å². The minimum Gasteiger partial charge on any atom is -0.490 e. The lowest BCUT2D eigenvalue weighted by atomic mass is 10.1. The summed E-state index contributed by atoms with van der Waals surface area (Å²) in [7, 11) is 0. The normalized spacial score (nSPS) is 10.0.